The summed E-state index contributed by atoms with van der Waals surface area (Å²) in [6.45, 7) is 3.61. The molecule has 1 amide bonds. The topological polar surface area (TPSA) is 92.1 Å². The van der Waals surface area contributed by atoms with E-state index in [1.54, 1.807) is 18.2 Å². The fraction of sp³-hybridized carbons (Fsp3) is 0.200. The van der Waals surface area contributed by atoms with E-state index in [-0.39, 0.29) is 10.7 Å². The minimum absolute atomic E-state index is 0.125. The smallest absolute Gasteiger partial charge is 0.349 e. The Morgan fingerprint density at radius 2 is 2.00 bits per heavy atom. The maximum atomic E-state index is 12.0. The van der Waals surface area contributed by atoms with E-state index in [1.165, 1.54) is 12.3 Å². The Morgan fingerprint density at radius 3 is 2.59 bits per heavy atom. The number of rotatable bonds is 6. The molecule has 0 radical (unpaired) electrons. The zero-order chi connectivity index (χ0) is 19.8. The third-order valence-corrected chi connectivity index (χ3v) is 3.92. The van der Waals surface area contributed by atoms with E-state index in [2.05, 4.69) is 24.1 Å². The Labute approximate surface area is 162 Å². The van der Waals surface area contributed by atoms with Crippen LogP contribution in [0, 0.1) is 11.3 Å². The number of carbonyl (C=O) groups is 2. The van der Waals surface area contributed by atoms with Crippen LogP contribution in [0.5, 0.6) is 0 Å². The Morgan fingerprint density at radius 1 is 1.30 bits per heavy atom. The zero-order valence-corrected chi connectivity index (χ0v) is 15.7. The lowest BCUT2D eigenvalue weighted by atomic mass is 10.0. The lowest BCUT2D eigenvalue weighted by molar-refractivity contribution is -0.142. The molecule has 27 heavy (non-hydrogen) atoms. The summed E-state index contributed by atoms with van der Waals surface area (Å²) in [5, 5.41) is 11.8. The van der Waals surface area contributed by atoms with Crippen LogP contribution >= 0.6 is 11.6 Å². The summed E-state index contributed by atoms with van der Waals surface area (Å²) in [4.78, 5) is 27.7. The molecule has 0 atom stereocenters. The van der Waals surface area contributed by atoms with Gasteiger partial charge in [-0.1, -0.05) is 49.7 Å². The highest BCUT2D eigenvalue weighted by molar-refractivity contribution is 6.32. The summed E-state index contributed by atoms with van der Waals surface area (Å²) in [6, 6.07) is 12.5. The molecule has 0 bridgehead atoms. The highest BCUT2D eigenvalue weighted by Crippen LogP contribution is 2.18. The van der Waals surface area contributed by atoms with Crippen molar-refractivity contribution in [3.63, 3.8) is 0 Å². The zero-order valence-electron chi connectivity index (χ0n) is 14.9. The predicted molar refractivity (Wildman–Crippen MR) is 103 cm³/mol. The van der Waals surface area contributed by atoms with Gasteiger partial charge >= 0.3 is 5.97 Å². The standard InChI is InChI=1S/C20H18ClN3O3/c1-13(2)15-7-5-14(6-8-15)10-16(11-22)20(26)27-12-18(25)24-17-4-3-9-23-19(17)21/h3-10,13H,12H2,1-2H3,(H,24,25)/b16-10+. The Kier molecular flexibility index (Phi) is 7.09. The van der Waals surface area contributed by atoms with Gasteiger partial charge < -0.3 is 10.1 Å². The van der Waals surface area contributed by atoms with Crippen molar-refractivity contribution in [2.24, 2.45) is 0 Å². The second-order valence-electron chi connectivity index (χ2n) is 5.96. The summed E-state index contributed by atoms with van der Waals surface area (Å²) in [6.07, 6.45) is 2.90. The van der Waals surface area contributed by atoms with Crippen molar-refractivity contribution in [3.05, 3.63) is 64.4 Å². The number of aromatic nitrogens is 1. The highest BCUT2D eigenvalue weighted by atomic mass is 35.5. The Bertz CT molecular complexity index is 899. The molecule has 0 unspecified atom stereocenters. The van der Waals surface area contributed by atoms with Crippen molar-refractivity contribution in [2.75, 3.05) is 11.9 Å². The largest absolute Gasteiger partial charge is 0.451 e. The van der Waals surface area contributed by atoms with Gasteiger partial charge in [0.2, 0.25) is 0 Å². The lowest BCUT2D eigenvalue weighted by Crippen LogP contribution is -2.21. The van der Waals surface area contributed by atoms with Crippen LogP contribution in [0.2, 0.25) is 5.15 Å². The van der Waals surface area contributed by atoms with Crippen LogP contribution in [-0.2, 0) is 14.3 Å². The van der Waals surface area contributed by atoms with Gasteiger partial charge in [-0.2, -0.15) is 5.26 Å². The van der Waals surface area contributed by atoms with Crippen molar-refractivity contribution in [1.29, 1.82) is 5.26 Å². The normalized spacial score (nSPS) is 11.0. The van der Waals surface area contributed by atoms with E-state index in [0.717, 1.165) is 5.56 Å². The SMILES string of the molecule is CC(C)c1ccc(/C=C(\C#N)C(=O)OCC(=O)Nc2cccnc2Cl)cc1. The molecule has 1 aromatic carbocycles. The van der Waals surface area contributed by atoms with Crippen LogP contribution in [0.25, 0.3) is 6.08 Å². The Hall–Kier alpha value is -3.17. The molecule has 0 aliphatic heterocycles. The molecule has 6 nitrogen and oxygen atoms in total. The van der Waals surface area contributed by atoms with Gasteiger partial charge in [0, 0.05) is 6.20 Å². The van der Waals surface area contributed by atoms with Crippen LogP contribution in [0.1, 0.15) is 30.9 Å². The number of esters is 1. The first-order valence-corrected chi connectivity index (χ1v) is 8.57. The van der Waals surface area contributed by atoms with E-state index in [4.69, 9.17) is 16.3 Å². The number of nitriles is 1. The molecule has 2 aromatic rings. The molecule has 0 aliphatic carbocycles. The second kappa shape index (κ2) is 9.51. The van der Waals surface area contributed by atoms with Crippen molar-refractivity contribution in [3.8, 4) is 6.07 Å². The third kappa shape index (κ3) is 5.94. The minimum atomic E-state index is -0.877. The van der Waals surface area contributed by atoms with Crippen molar-refractivity contribution < 1.29 is 14.3 Å². The minimum Gasteiger partial charge on any atom is -0.451 e. The molecule has 0 aliphatic rings. The summed E-state index contributed by atoms with van der Waals surface area (Å²) >= 11 is 5.84. The number of hydrogen-bond acceptors (Lipinski definition) is 5. The molecule has 1 aromatic heterocycles. The fourth-order valence-corrected chi connectivity index (χ4v) is 2.32. The number of carbonyl (C=O) groups excluding carboxylic acids is 2. The van der Waals surface area contributed by atoms with E-state index in [0.29, 0.717) is 17.2 Å². The Balaban J connectivity index is 1.97. The highest BCUT2D eigenvalue weighted by Gasteiger charge is 2.14. The molecule has 0 fully saturated rings. The molecule has 1 N–H and O–H groups in total. The van der Waals surface area contributed by atoms with Crippen molar-refractivity contribution in [2.45, 2.75) is 19.8 Å². The van der Waals surface area contributed by atoms with Gasteiger partial charge in [-0.15, -0.1) is 0 Å². The molecule has 0 saturated carbocycles. The number of pyridine rings is 1. The number of anilines is 1. The molecular weight excluding hydrogens is 366 g/mol. The van der Waals surface area contributed by atoms with Crippen LogP contribution in [0.15, 0.2) is 48.2 Å². The molecule has 0 spiro atoms. The number of ether oxygens (including phenoxy) is 1. The monoisotopic (exact) mass is 383 g/mol. The number of nitrogens with zero attached hydrogens (tertiary/aromatic N) is 2. The van der Waals surface area contributed by atoms with Gasteiger partial charge in [-0.05, 0) is 35.3 Å². The first-order valence-electron chi connectivity index (χ1n) is 8.20. The van der Waals surface area contributed by atoms with E-state index in [1.807, 2.05) is 24.3 Å². The summed E-state index contributed by atoms with van der Waals surface area (Å²) in [5.74, 6) is -1.08. The van der Waals surface area contributed by atoms with Crippen molar-refractivity contribution >= 4 is 35.2 Å². The summed E-state index contributed by atoms with van der Waals surface area (Å²) in [5.41, 5.74) is 1.96. The quantitative estimate of drug-likeness (QED) is 0.353. The average Bonchev–Trinajstić information content (AvgIpc) is 2.66. The molecule has 1 heterocycles. The maximum Gasteiger partial charge on any atom is 0.349 e. The molecule has 2 rings (SSSR count). The molecule has 138 valence electrons. The van der Waals surface area contributed by atoms with E-state index >= 15 is 0 Å². The first-order chi connectivity index (χ1) is 12.9. The summed E-state index contributed by atoms with van der Waals surface area (Å²) < 4.78 is 4.90. The van der Waals surface area contributed by atoms with E-state index in [9.17, 15) is 14.9 Å². The van der Waals surface area contributed by atoms with Gasteiger partial charge in [0.25, 0.3) is 5.91 Å². The third-order valence-electron chi connectivity index (χ3n) is 3.62. The number of benzene rings is 1. The number of hydrogen-bond donors (Lipinski definition) is 1. The number of amides is 1. The average molecular weight is 384 g/mol. The summed E-state index contributed by atoms with van der Waals surface area (Å²) in [7, 11) is 0. The molecular formula is C20H18ClN3O3. The van der Waals surface area contributed by atoms with Gasteiger partial charge in [-0.3, -0.25) is 4.79 Å². The van der Waals surface area contributed by atoms with Gasteiger partial charge in [0.15, 0.2) is 11.8 Å². The van der Waals surface area contributed by atoms with Crippen LogP contribution < -0.4 is 5.32 Å². The maximum absolute atomic E-state index is 12.0. The van der Waals surface area contributed by atoms with Crippen LogP contribution in [0.3, 0.4) is 0 Å². The van der Waals surface area contributed by atoms with Crippen molar-refractivity contribution in [1.82, 2.24) is 4.98 Å². The van der Waals surface area contributed by atoms with Gasteiger partial charge in [-0.25, -0.2) is 9.78 Å². The predicted octanol–water partition coefficient (Wildman–Crippen LogP) is 3.95. The molecule has 7 heteroatoms. The molecule has 0 saturated heterocycles. The van der Waals surface area contributed by atoms with Gasteiger partial charge in [0.05, 0.1) is 5.69 Å². The number of halogens is 1. The lowest BCUT2D eigenvalue weighted by Gasteiger charge is -2.07. The van der Waals surface area contributed by atoms with Gasteiger partial charge in [0.1, 0.15) is 11.6 Å². The van der Waals surface area contributed by atoms with E-state index < -0.39 is 18.5 Å². The second-order valence-corrected chi connectivity index (χ2v) is 6.32. The van der Waals surface area contributed by atoms with Crippen LogP contribution in [0.4, 0.5) is 5.69 Å². The number of nitrogens with one attached hydrogen (secondary N) is 1. The fourth-order valence-electron chi connectivity index (χ4n) is 2.16. The van der Waals surface area contributed by atoms with Crippen LogP contribution in [-0.4, -0.2) is 23.5 Å². The first kappa shape index (κ1) is 20.1.